The maximum absolute atomic E-state index is 13.0. The highest BCUT2D eigenvalue weighted by Gasteiger charge is 2.17. The number of halogens is 2. The number of hydrogen-bond acceptors (Lipinski definition) is 2. The van der Waals surface area contributed by atoms with Crippen LogP contribution in [0.25, 0.3) is 32.8 Å². The lowest BCUT2D eigenvalue weighted by Crippen LogP contribution is -2.14. The van der Waals surface area contributed by atoms with Crippen molar-refractivity contribution in [3.8, 4) is 32.8 Å². The number of thiazole rings is 1. The van der Waals surface area contributed by atoms with E-state index in [4.69, 9.17) is 23.2 Å². The fourth-order valence-corrected chi connectivity index (χ4v) is 5.56. The standard InChI is InChI=1S/C29H20Cl2N2OS/c1-33-26(21-14-12-20(13-15-21)19-8-4-2-5-9-19)27(22-10-6-3-7-11-22)35-29(33)32-28(34)24-17-16-23(30)18-25(24)31/h2-18H,1H3. The molecule has 0 saturated carbocycles. The van der Waals surface area contributed by atoms with Gasteiger partial charge in [0, 0.05) is 12.1 Å². The molecule has 5 rings (SSSR count). The summed E-state index contributed by atoms with van der Waals surface area (Å²) in [6, 6.07) is 33.7. The molecule has 6 heteroatoms. The molecule has 0 aliphatic heterocycles. The number of benzene rings is 4. The van der Waals surface area contributed by atoms with Crippen LogP contribution < -0.4 is 4.80 Å². The van der Waals surface area contributed by atoms with Gasteiger partial charge in [-0.3, -0.25) is 4.79 Å². The molecular weight excluding hydrogens is 495 g/mol. The molecule has 0 saturated heterocycles. The SMILES string of the molecule is Cn1c(-c2ccc(-c3ccccc3)cc2)c(-c2ccccc2)sc1=NC(=O)c1ccc(Cl)cc1Cl. The van der Waals surface area contributed by atoms with E-state index in [1.165, 1.54) is 11.3 Å². The van der Waals surface area contributed by atoms with E-state index >= 15 is 0 Å². The van der Waals surface area contributed by atoms with Gasteiger partial charge in [0.1, 0.15) is 0 Å². The van der Waals surface area contributed by atoms with Crippen LogP contribution in [-0.2, 0) is 7.05 Å². The minimum Gasteiger partial charge on any atom is -0.319 e. The second kappa shape index (κ2) is 10.0. The van der Waals surface area contributed by atoms with Crippen LogP contribution in [0.5, 0.6) is 0 Å². The minimum absolute atomic E-state index is 0.283. The molecule has 4 aromatic carbocycles. The molecule has 3 nitrogen and oxygen atoms in total. The van der Waals surface area contributed by atoms with Crippen molar-refractivity contribution in [3.63, 3.8) is 0 Å². The monoisotopic (exact) mass is 514 g/mol. The first-order valence-corrected chi connectivity index (χ1v) is 12.5. The first kappa shape index (κ1) is 23.3. The Hall–Kier alpha value is -3.44. The van der Waals surface area contributed by atoms with Gasteiger partial charge in [-0.05, 0) is 40.5 Å². The molecule has 1 aromatic heterocycles. The van der Waals surface area contributed by atoms with Crippen LogP contribution in [-0.4, -0.2) is 10.5 Å². The average Bonchev–Trinajstić information content (AvgIpc) is 3.20. The Morgan fingerprint density at radius 2 is 1.31 bits per heavy atom. The summed E-state index contributed by atoms with van der Waals surface area (Å²) in [4.78, 5) is 19.0. The maximum atomic E-state index is 13.0. The Kier molecular flexibility index (Phi) is 6.69. The first-order valence-electron chi connectivity index (χ1n) is 11.0. The van der Waals surface area contributed by atoms with Gasteiger partial charge in [0.15, 0.2) is 4.80 Å². The van der Waals surface area contributed by atoms with E-state index in [-0.39, 0.29) is 5.02 Å². The van der Waals surface area contributed by atoms with Gasteiger partial charge in [-0.15, -0.1) is 0 Å². The normalized spacial score (nSPS) is 11.6. The zero-order chi connectivity index (χ0) is 24.4. The van der Waals surface area contributed by atoms with Gasteiger partial charge in [0.05, 0.1) is 21.2 Å². The molecule has 1 amide bonds. The van der Waals surface area contributed by atoms with E-state index in [0.717, 1.165) is 32.8 Å². The van der Waals surface area contributed by atoms with Crippen LogP contribution in [0.1, 0.15) is 10.4 Å². The Balaban J connectivity index is 1.63. The lowest BCUT2D eigenvalue weighted by atomic mass is 10.0. The van der Waals surface area contributed by atoms with Crippen molar-refractivity contribution in [1.29, 1.82) is 0 Å². The van der Waals surface area contributed by atoms with E-state index < -0.39 is 5.91 Å². The van der Waals surface area contributed by atoms with Crippen molar-refractivity contribution in [2.75, 3.05) is 0 Å². The van der Waals surface area contributed by atoms with Crippen LogP contribution in [0.4, 0.5) is 0 Å². The van der Waals surface area contributed by atoms with Crippen molar-refractivity contribution in [2.24, 2.45) is 12.0 Å². The van der Waals surface area contributed by atoms with E-state index in [9.17, 15) is 4.79 Å². The molecule has 0 atom stereocenters. The third-order valence-corrected chi connectivity index (χ3v) is 7.42. The molecule has 0 bridgehead atoms. The van der Waals surface area contributed by atoms with Crippen molar-refractivity contribution in [3.05, 3.63) is 124 Å². The Labute approximate surface area is 217 Å². The molecule has 5 aromatic rings. The molecular formula is C29H20Cl2N2OS. The largest absolute Gasteiger partial charge is 0.319 e. The van der Waals surface area contributed by atoms with E-state index in [1.54, 1.807) is 18.2 Å². The van der Waals surface area contributed by atoms with Crippen LogP contribution in [0.3, 0.4) is 0 Å². The zero-order valence-electron chi connectivity index (χ0n) is 18.8. The summed E-state index contributed by atoms with van der Waals surface area (Å²) in [7, 11) is 1.93. The number of amides is 1. The zero-order valence-corrected chi connectivity index (χ0v) is 21.1. The molecule has 0 N–H and O–H groups in total. The van der Waals surface area contributed by atoms with Gasteiger partial charge >= 0.3 is 0 Å². The van der Waals surface area contributed by atoms with Crippen molar-refractivity contribution < 1.29 is 4.79 Å². The second-order valence-corrected chi connectivity index (χ2v) is 9.79. The van der Waals surface area contributed by atoms with E-state index in [1.807, 2.05) is 48.0 Å². The molecule has 0 spiro atoms. The molecule has 172 valence electrons. The number of rotatable bonds is 4. The number of hydrogen-bond donors (Lipinski definition) is 0. The van der Waals surface area contributed by atoms with Crippen LogP contribution in [0.15, 0.2) is 108 Å². The van der Waals surface area contributed by atoms with E-state index in [2.05, 4.69) is 53.5 Å². The fraction of sp³-hybridized carbons (Fsp3) is 0.0345. The topological polar surface area (TPSA) is 34.4 Å². The number of aromatic nitrogens is 1. The van der Waals surface area contributed by atoms with Gasteiger partial charge < -0.3 is 4.57 Å². The summed E-state index contributed by atoms with van der Waals surface area (Å²) in [6.45, 7) is 0. The number of carbonyl (C=O) groups excluding carboxylic acids is 1. The number of carbonyl (C=O) groups is 1. The summed E-state index contributed by atoms with van der Waals surface area (Å²) in [5.41, 5.74) is 5.73. The summed E-state index contributed by atoms with van der Waals surface area (Å²) >= 11 is 13.7. The van der Waals surface area contributed by atoms with Gasteiger partial charge in [-0.1, -0.05) is 119 Å². The summed E-state index contributed by atoms with van der Waals surface area (Å²) in [6.07, 6.45) is 0. The third-order valence-electron chi connectivity index (χ3n) is 5.69. The Bertz CT molecular complexity index is 1570. The molecule has 0 unspecified atom stereocenters. The van der Waals surface area contributed by atoms with Gasteiger partial charge in [-0.2, -0.15) is 4.99 Å². The highest BCUT2D eigenvalue weighted by atomic mass is 35.5. The molecule has 35 heavy (non-hydrogen) atoms. The molecule has 1 heterocycles. The summed E-state index contributed by atoms with van der Waals surface area (Å²) in [5, 5.41) is 0.756. The maximum Gasteiger partial charge on any atom is 0.281 e. The van der Waals surface area contributed by atoms with Crippen LogP contribution >= 0.6 is 34.5 Å². The van der Waals surface area contributed by atoms with E-state index in [0.29, 0.717) is 15.4 Å². The smallest absolute Gasteiger partial charge is 0.281 e. The molecule has 0 aliphatic carbocycles. The molecule has 0 aliphatic rings. The van der Waals surface area contributed by atoms with Gasteiger partial charge in [0.2, 0.25) is 0 Å². The average molecular weight is 515 g/mol. The van der Waals surface area contributed by atoms with Crippen molar-refractivity contribution >= 4 is 40.4 Å². The first-order chi connectivity index (χ1) is 17.0. The predicted octanol–water partition coefficient (Wildman–Crippen LogP) is 8.14. The number of nitrogens with zero attached hydrogens (tertiary/aromatic N) is 2. The highest BCUT2D eigenvalue weighted by molar-refractivity contribution is 7.13. The van der Waals surface area contributed by atoms with Crippen LogP contribution in [0.2, 0.25) is 10.0 Å². The summed E-state index contributed by atoms with van der Waals surface area (Å²) in [5.74, 6) is -0.408. The summed E-state index contributed by atoms with van der Waals surface area (Å²) < 4.78 is 1.96. The van der Waals surface area contributed by atoms with Crippen LogP contribution in [0, 0.1) is 0 Å². The van der Waals surface area contributed by atoms with Crippen molar-refractivity contribution in [1.82, 2.24) is 4.57 Å². The fourth-order valence-electron chi connectivity index (χ4n) is 3.92. The quantitative estimate of drug-likeness (QED) is 0.238. The third kappa shape index (κ3) is 4.87. The lowest BCUT2D eigenvalue weighted by Gasteiger charge is -2.09. The highest BCUT2D eigenvalue weighted by Crippen LogP contribution is 2.35. The predicted molar refractivity (Wildman–Crippen MR) is 146 cm³/mol. The van der Waals surface area contributed by atoms with Crippen molar-refractivity contribution in [2.45, 2.75) is 0 Å². The Morgan fingerprint density at radius 3 is 1.94 bits per heavy atom. The Morgan fingerprint density at radius 1 is 0.743 bits per heavy atom. The molecule has 0 fully saturated rings. The lowest BCUT2D eigenvalue weighted by molar-refractivity contribution is 0.0998. The minimum atomic E-state index is -0.408. The molecule has 0 radical (unpaired) electrons. The van der Waals surface area contributed by atoms with Gasteiger partial charge in [0.25, 0.3) is 5.91 Å². The second-order valence-electron chi connectivity index (χ2n) is 7.97. The van der Waals surface area contributed by atoms with Gasteiger partial charge in [-0.25, -0.2) is 0 Å².